The number of hydrogen-bond donors (Lipinski definition) is 2. The molecule has 3 nitrogen and oxygen atoms in total. The SMILES string of the molecule is Cc1ccc(C(C)NC(=O)[C@@H](N)CC(C)C)cc1F.Cl. The number of amides is 1. The van der Waals surface area contributed by atoms with Gasteiger partial charge >= 0.3 is 0 Å². The zero-order chi connectivity index (χ0) is 14.6. The molecule has 20 heavy (non-hydrogen) atoms. The highest BCUT2D eigenvalue weighted by atomic mass is 35.5. The normalized spacial score (nSPS) is 13.6. The van der Waals surface area contributed by atoms with Crippen LogP contribution in [-0.4, -0.2) is 11.9 Å². The molecule has 1 rings (SSSR count). The van der Waals surface area contributed by atoms with Gasteiger partial charge in [-0.25, -0.2) is 4.39 Å². The molecule has 0 spiro atoms. The van der Waals surface area contributed by atoms with E-state index in [4.69, 9.17) is 5.73 Å². The van der Waals surface area contributed by atoms with Gasteiger partial charge in [-0.05, 0) is 43.4 Å². The summed E-state index contributed by atoms with van der Waals surface area (Å²) in [4.78, 5) is 11.9. The van der Waals surface area contributed by atoms with Crippen molar-refractivity contribution in [2.24, 2.45) is 11.7 Å². The second-order valence-electron chi connectivity index (χ2n) is 5.47. The number of carbonyl (C=O) groups is 1. The van der Waals surface area contributed by atoms with E-state index in [0.717, 1.165) is 5.56 Å². The minimum atomic E-state index is -0.516. The first-order valence-electron chi connectivity index (χ1n) is 6.63. The van der Waals surface area contributed by atoms with E-state index in [-0.39, 0.29) is 30.2 Å². The van der Waals surface area contributed by atoms with Gasteiger partial charge < -0.3 is 11.1 Å². The standard InChI is InChI=1S/C15H23FN2O.ClH/c1-9(2)7-14(17)15(19)18-11(4)12-6-5-10(3)13(16)8-12;/h5-6,8-9,11,14H,7,17H2,1-4H3,(H,18,19);1H/t11?,14-;/m0./s1. The zero-order valence-corrected chi connectivity index (χ0v) is 13.3. The molecule has 0 aliphatic carbocycles. The molecule has 0 aromatic heterocycles. The Morgan fingerprint density at radius 3 is 2.45 bits per heavy atom. The van der Waals surface area contributed by atoms with Gasteiger partial charge in [0.25, 0.3) is 0 Å². The Morgan fingerprint density at radius 1 is 1.35 bits per heavy atom. The second kappa shape index (κ2) is 8.22. The molecule has 1 aromatic rings. The van der Waals surface area contributed by atoms with E-state index in [1.54, 1.807) is 13.0 Å². The first kappa shape index (κ1) is 18.9. The van der Waals surface area contributed by atoms with Crippen LogP contribution in [0, 0.1) is 18.7 Å². The van der Waals surface area contributed by atoms with Gasteiger partial charge in [-0.2, -0.15) is 0 Å². The molecule has 1 aromatic carbocycles. The molecule has 0 radical (unpaired) electrons. The van der Waals surface area contributed by atoms with Gasteiger partial charge in [-0.15, -0.1) is 12.4 Å². The van der Waals surface area contributed by atoms with Crippen LogP contribution in [0.25, 0.3) is 0 Å². The molecule has 0 fully saturated rings. The van der Waals surface area contributed by atoms with Crippen molar-refractivity contribution in [3.05, 3.63) is 35.1 Å². The summed E-state index contributed by atoms with van der Waals surface area (Å²) in [7, 11) is 0. The van der Waals surface area contributed by atoms with Gasteiger partial charge in [0.1, 0.15) is 5.82 Å². The summed E-state index contributed by atoms with van der Waals surface area (Å²) in [5, 5.41) is 2.82. The van der Waals surface area contributed by atoms with Gasteiger partial charge in [-0.1, -0.05) is 26.0 Å². The predicted octanol–water partition coefficient (Wildman–Crippen LogP) is 3.11. The molecule has 114 valence electrons. The first-order valence-corrected chi connectivity index (χ1v) is 6.63. The Morgan fingerprint density at radius 2 is 1.95 bits per heavy atom. The third-order valence-corrected chi connectivity index (χ3v) is 3.12. The van der Waals surface area contributed by atoms with Crippen LogP contribution in [-0.2, 0) is 4.79 Å². The van der Waals surface area contributed by atoms with Gasteiger partial charge in [0.15, 0.2) is 0 Å². The lowest BCUT2D eigenvalue weighted by Gasteiger charge is -2.19. The van der Waals surface area contributed by atoms with Crippen LogP contribution in [0.5, 0.6) is 0 Å². The van der Waals surface area contributed by atoms with Crippen molar-refractivity contribution in [3.63, 3.8) is 0 Å². The summed E-state index contributed by atoms with van der Waals surface area (Å²) in [5.74, 6) is -0.0832. The molecular weight excluding hydrogens is 279 g/mol. The summed E-state index contributed by atoms with van der Waals surface area (Å²) in [6.07, 6.45) is 0.640. The minimum absolute atomic E-state index is 0. The quantitative estimate of drug-likeness (QED) is 0.878. The Hall–Kier alpha value is -1.13. The smallest absolute Gasteiger partial charge is 0.237 e. The van der Waals surface area contributed by atoms with E-state index in [1.165, 1.54) is 6.07 Å². The number of benzene rings is 1. The van der Waals surface area contributed by atoms with Crippen LogP contribution in [0.1, 0.15) is 44.4 Å². The van der Waals surface area contributed by atoms with Gasteiger partial charge in [0.05, 0.1) is 12.1 Å². The fourth-order valence-corrected chi connectivity index (χ4v) is 1.90. The van der Waals surface area contributed by atoms with Gasteiger partial charge in [0, 0.05) is 0 Å². The first-order chi connectivity index (χ1) is 8.81. The van der Waals surface area contributed by atoms with E-state index in [9.17, 15) is 9.18 Å². The van der Waals surface area contributed by atoms with E-state index in [1.807, 2.05) is 26.8 Å². The maximum atomic E-state index is 13.5. The maximum Gasteiger partial charge on any atom is 0.237 e. The summed E-state index contributed by atoms with van der Waals surface area (Å²) in [5.41, 5.74) is 7.15. The fourth-order valence-electron chi connectivity index (χ4n) is 1.90. The number of nitrogens with two attached hydrogens (primary N) is 1. The molecule has 3 N–H and O–H groups in total. The molecule has 5 heteroatoms. The topological polar surface area (TPSA) is 55.1 Å². The second-order valence-corrected chi connectivity index (χ2v) is 5.47. The largest absolute Gasteiger partial charge is 0.348 e. The molecule has 0 saturated carbocycles. The summed E-state index contributed by atoms with van der Waals surface area (Å²) in [6, 6.07) is 4.21. The van der Waals surface area contributed by atoms with Crippen molar-refractivity contribution in [2.45, 2.75) is 46.2 Å². The highest BCUT2D eigenvalue weighted by Crippen LogP contribution is 2.16. The third kappa shape index (κ3) is 5.47. The number of rotatable bonds is 5. The average molecular weight is 303 g/mol. The molecule has 0 bridgehead atoms. The molecule has 2 atom stereocenters. The molecule has 0 aliphatic rings. The zero-order valence-electron chi connectivity index (χ0n) is 12.4. The van der Waals surface area contributed by atoms with Crippen molar-refractivity contribution < 1.29 is 9.18 Å². The lowest BCUT2D eigenvalue weighted by atomic mass is 10.0. The van der Waals surface area contributed by atoms with Crippen LogP contribution < -0.4 is 11.1 Å². The molecule has 1 unspecified atom stereocenters. The number of carbonyl (C=O) groups excluding carboxylic acids is 1. The van der Waals surface area contributed by atoms with Crippen LogP contribution in [0.15, 0.2) is 18.2 Å². The predicted molar refractivity (Wildman–Crippen MR) is 82.4 cm³/mol. The summed E-state index contributed by atoms with van der Waals surface area (Å²) < 4.78 is 13.5. The Kier molecular flexibility index (Phi) is 7.76. The highest BCUT2D eigenvalue weighted by molar-refractivity contribution is 5.85. The molecule has 0 saturated heterocycles. The van der Waals surface area contributed by atoms with E-state index >= 15 is 0 Å². The van der Waals surface area contributed by atoms with Crippen molar-refractivity contribution in [1.29, 1.82) is 0 Å². The van der Waals surface area contributed by atoms with E-state index < -0.39 is 6.04 Å². The van der Waals surface area contributed by atoms with Crippen LogP contribution in [0.3, 0.4) is 0 Å². The summed E-state index contributed by atoms with van der Waals surface area (Å²) in [6.45, 7) is 7.57. The number of halogens is 2. The maximum absolute atomic E-state index is 13.5. The fraction of sp³-hybridized carbons (Fsp3) is 0.533. The third-order valence-electron chi connectivity index (χ3n) is 3.12. The summed E-state index contributed by atoms with van der Waals surface area (Å²) >= 11 is 0. The van der Waals surface area contributed by atoms with Crippen molar-refractivity contribution >= 4 is 18.3 Å². The molecular formula is C15H24ClFN2O. The Balaban J connectivity index is 0.00000361. The van der Waals surface area contributed by atoms with Crippen molar-refractivity contribution in [3.8, 4) is 0 Å². The number of nitrogens with one attached hydrogen (secondary N) is 1. The minimum Gasteiger partial charge on any atom is -0.348 e. The Labute approximate surface area is 126 Å². The Bertz CT molecular complexity index is 451. The lowest BCUT2D eigenvalue weighted by molar-refractivity contribution is -0.123. The molecule has 0 aliphatic heterocycles. The lowest BCUT2D eigenvalue weighted by Crippen LogP contribution is -2.42. The van der Waals surface area contributed by atoms with Crippen molar-refractivity contribution in [1.82, 2.24) is 5.32 Å². The van der Waals surface area contributed by atoms with E-state index in [0.29, 0.717) is 17.9 Å². The van der Waals surface area contributed by atoms with Crippen LogP contribution >= 0.6 is 12.4 Å². The monoisotopic (exact) mass is 302 g/mol. The molecule has 1 amide bonds. The highest BCUT2D eigenvalue weighted by Gasteiger charge is 2.18. The van der Waals surface area contributed by atoms with Gasteiger partial charge in [-0.3, -0.25) is 4.79 Å². The van der Waals surface area contributed by atoms with Crippen molar-refractivity contribution in [2.75, 3.05) is 0 Å². The van der Waals surface area contributed by atoms with Gasteiger partial charge in [0.2, 0.25) is 5.91 Å². The molecule has 0 heterocycles. The average Bonchev–Trinajstić information content (AvgIpc) is 2.31. The number of aryl methyl sites for hydroxylation is 1. The van der Waals surface area contributed by atoms with E-state index in [2.05, 4.69) is 5.32 Å². The number of hydrogen-bond acceptors (Lipinski definition) is 2. The van der Waals surface area contributed by atoms with Crippen LogP contribution in [0.2, 0.25) is 0 Å². The van der Waals surface area contributed by atoms with Crippen LogP contribution in [0.4, 0.5) is 4.39 Å².